The van der Waals surface area contributed by atoms with E-state index >= 15 is 0 Å². The molecule has 0 heterocycles. The van der Waals surface area contributed by atoms with E-state index in [9.17, 15) is 0 Å². The summed E-state index contributed by atoms with van der Waals surface area (Å²) in [5, 5.41) is 0. The minimum Gasteiger partial charge on any atom is -0.326 e. The van der Waals surface area contributed by atoms with Crippen LogP contribution in [0.5, 0.6) is 0 Å². The second-order valence-electron chi connectivity index (χ2n) is 2.65. The molecule has 0 nitrogen and oxygen atoms in total. The van der Waals surface area contributed by atoms with Gasteiger partial charge in [0, 0.05) is 0 Å². The van der Waals surface area contributed by atoms with Gasteiger partial charge in [0.2, 0.25) is 0 Å². The van der Waals surface area contributed by atoms with Gasteiger partial charge < -0.3 is 6.42 Å². The molecule has 0 saturated carbocycles. The van der Waals surface area contributed by atoms with E-state index in [4.69, 9.17) is 0 Å². The first-order valence-corrected chi connectivity index (χ1v) is 2.37. The van der Waals surface area contributed by atoms with Crippen LogP contribution in [0.4, 0.5) is 0 Å². The molecular weight excluding hydrogens is 111 g/mol. The molecule has 0 aromatic rings. The summed E-state index contributed by atoms with van der Waals surface area (Å²) >= 11 is 0. The Bertz CT molecular complexity index is 33.9. The van der Waals surface area contributed by atoms with Crippen LogP contribution in [0.15, 0.2) is 0 Å². The maximum Gasteiger partial charge on any atom is 1.00 e. The molecule has 0 aromatic carbocycles. The number of rotatable bonds is 0. The van der Waals surface area contributed by atoms with Gasteiger partial charge in [-0.1, -0.05) is 20.8 Å². The van der Waals surface area contributed by atoms with Crippen molar-refractivity contribution in [2.24, 2.45) is 5.41 Å². The largest absolute Gasteiger partial charge is 1.00 e. The van der Waals surface area contributed by atoms with Gasteiger partial charge in [0.05, 0.1) is 0 Å². The molecule has 0 aliphatic heterocycles. The molecule has 0 unspecified atom stereocenters. The molecule has 0 atom stereocenters. The van der Waals surface area contributed by atoms with Gasteiger partial charge in [0.15, 0.2) is 0 Å². The summed E-state index contributed by atoms with van der Waals surface area (Å²) in [5.74, 6) is 0. The maximum atomic E-state index is 2.19. The van der Waals surface area contributed by atoms with Crippen LogP contribution in [0.25, 0.3) is 0 Å². The van der Waals surface area contributed by atoms with Gasteiger partial charge >= 0.3 is 51.4 Å². The van der Waals surface area contributed by atoms with Crippen molar-refractivity contribution in [2.75, 3.05) is 0 Å². The predicted octanol–water partition coefficient (Wildman–Crippen LogP) is -0.739. The van der Waals surface area contributed by atoms with Crippen molar-refractivity contribution in [1.82, 2.24) is 0 Å². The molecule has 0 bridgehead atoms. The van der Waals surface area contributed by atoms with Crippen LogP contribution < -0.4 is 51.4 Å². The van der Waals surface area contributed by atoms with Gasteiger partial charge in [-0.15, -0.1) is 0 Å². The molecule has 0 aliphatic rings. The molecular formula is C6H13K. The second kappa shape index (κ2) is 4.51. The molecule has 0 saturated heterocycles. The second-order valence-corrected chi connectivity index (χ2v) is 2.65. The quantitative estimate of drug-likeness (QED) is 0.295. The fourth-order valence-electron chi connectivity index (χ4n) is 0. The standard InChI is InChI=1S/C6H13.K/c1-5-6(2,3)4;/h5H,1-4H3;/q-1;+1. The monoisotopic (exact) mass is 124 g/mol. The van der Waals surface area contributed by atoms with Gasteiger partial charge in [-0.3, -0.25) is 0 Å². The van der Waals surface area contributed by atoms with Gasteiger partial charge in [-0.25, -0.2) is 0 Å². The molecule has 7 heavy (non-hydrogen) atoms. The molecule has 0 radical (unpaired) electrons. The van der Waals surface area contributed by atoms with Crippen LogP contribution in [-0.4, -0.2) is 0 Å². The molecule has 1 heteroatoms. The van der Waals surface area contributed by atoms with Crippen molar-refractivity contribution < 1.29 is 51.4 Å². The Kier molecular flexibility index (Phi) is 7.37. The zero-order valence-electron chi connectivity index (χ0n) is 6.08. The Hall–Kier alpha value is 1.64. The first kappa shape index (κ1) is 11.4. The van der Waals surface area contributed by atoms with E-state index in [1.807, 2.05) is 0 Å². The number of hydrogen-bond donors (Lipinski definition) is 0. The zero-order chi connectivity index (χ0) is 5.21. The molecule has 0 spiro atoms. The molecule has 38 valence electrons. The van der Waals surface area contributed by atoms with Gasteiger partial charge in [-0.05, 0) is 0 Å². The van der Waals surface area contributed by atoms with Crippen molar-refractivity contribution in [3.05, 3.63) is 6.42 Å². The van der Waals surface area contributed by atoms with Crippen LogP contribution >= 0.6 is 0 Å². The Labute approximate surface area is 89.5 Å². The van der Waals surface area contributed by atoms with Crippen LogP contribution in [0.3, 0.4) is 0 Å². The Morgan fingerprint density at radius 3 is 1.29 bits per heavy atom. The average molecular weight is 124 g/mol. The van der Waals surface area contributed by atoms with Crippen LogP contribution in [0.2, 0.25) is 0 Å². The van der Waals surface area contributed by atoms with Crippen LogP contribution in [-0.2, 0) is 0 Å². The van der Waals surface area contributed by atoms with Gasteiger partial charge in [0.25, 0.3) is 0 Å². The first-order valence-electron chi connectivity index (χ1n) is 2.37. The van der Waals surface area contributed by atoms with Crippen LogP contribution in [0, 0.1) is 11.8 Å². The third kappa shape index (κ3) is 11.3. The van der Waals surface area contributed by atoms with Gasteiger partial charge in [0.1, 0.15) is 0 Å². The maximum absolute atomic E-state index is 2.19. The van der Waals surface area contributed by atoms with E-state index in [1.54, 1.807) is 0 Å². The molecule has 0 fully saturated rings. The van der Waals surface area contributed by atoms with Crippen molar-refractivity contribution in [3.8, 4) is 0 Å². The van der Waals surface area contributed by atoms with E-state index in [1.165, 1.54) is 0 Å². The predicted molar refractivity (Wildman–Crippen MR) is 29.4 cm³/mol. The molecule has 0 N–H and O–H groups in total. The molecule has 0 aliphatic carbocycles. The average Bonchev–Trinajstić information content (AvgIpc) is 1.35. The van der Waals surface area contributed by atoms with Crippen molar-refractivity contribution in [3.63, 3.8) is 0 Å². The smallest absolute Gasteiger partial charge is 0.326 e. The van der Waals surface area contributed by atoms with E-state index in [0.29, 0.717) is 5.41 Å². The number of hydrogen-bond acceptors (Lipinski definition) is 0. The Morgan fingerprint density at radius 2 is 1.29 bits per heavy atom. The summed E-state index contributed by atoms with van der Waals surface area (Å²) in [6.07, 6.45) is 2.19. The summed E-state index contributed by atoms with van der Waals surface area (Å²) in [7, 11) is 0. The van der Waals surface area contributed by atoms with Crippen LogP contribution in [0.1, 0.15) is 27.7 Å². The third-order valence-electron chi connectivity index (χ3n) is 0.866. The Morgan fingerprint density at radius 1 is 1.14 bits per heavy atom. The van der Waals surface area contributed by atoms with E-state index in [2.05, 4.69) is 34.1 Å². The molecule has 0 rings (SSSR count). The normalized spacial score (nSPS) is 10.3. The summed E-state index contributed by atoms with van der Waals surface area (Å²) in [6.45, 7) is 8.65. The van der Waals surface area contributed by atoms with E-state index < -0.39 is 0 Å². The first-order chi connectivity index (χ1) is 2.56. The summed E-state index contributed by atoms with van der Waals surface area (Å²) in [5.41, 5.74) is 0.417. The van der Waals surface area contributed by atoms with Crippen molar-refractivity contribution >= 4 is 0 Å². The summed E-state index contributed by atoms with van der Waals surface area (Å²) in [6, 6.07) is 0. The van der Waals surface area contributed by atoms with E-state index in [-0.39, 0.29) is 51.4 Å². The molecule has 0 amide bonds. The minimum absolute atomic E-state index is 0. The third-order valence-corrected chi connectivity index (χ3v) is 0.866. The van der Waals surface area contributed by atoms with Crippen molar-refractivity contribution in [1.29, 1.82) is 0 Å². The summed E-state index contributed by atoms with van der Waals surface area (Å²) in [4.78, 5) is 0. The fraction of sp³-hybridized carbons (Fsp3) is 0.833. The summed E-state index contributed by atoms with van der Waals surface area (Å²) < 4.78 is 0. The fourth-order valence-corrected chi connectivity index (χ4v) is 0. The van der Waals surface area contributed by atoms with Crippen molar-refractivity contribution in [2.45, 2.75) is 27.7 Å². The SMILES string of the molecule is C[CH-]C(C)(C)C.[K+]. The van der Waals surface area contributed by atoms with Gasteiger partial charge in [-0.2, -0.15) is 12.3 Å². The molecule has 0 aromatic heterocycles. The topological polar surface area (TPSA) is 0 Å². The van der Waals surface area contributed by atoms with E-state index in [0.717, 1.165) is 0 Å². The minimum atomic E-state index is 0. The zero-order valence-corrected chi connectivity index (χ0v) is 9.20. The Balaban J connectivity index is 0.